The summed E-state index contributed by atoms with van der Waals surface area (Å²) in [7, 11) is 1.67. The van der Waals surface area contributed by atoms with Gasteiger partial charge in [0.05, 0.1) is 18.4 Å². The smallest absolute Gasteiger partial charge is 0.228 e. The maximum Gasteiger partial charge on any atom is 0.228 e. The Morgan fingerprint density at radius 1 is 0.951 bits per heavy atom. The van der Waals surface area contributed by atoms with E-state index in [0.717, 1.165) is 50.2 Å². The highest BCUT2D eigenvalue weighted by atomic mass is 16.6. The summed E-state index contributed by atoms with van der Waals surface area (Å²) in [4.78, 5) is 15.2. The molecule has 1 atom stereocenters. The molecule has 0 amide bonds. The second-order valence-corrected chi connectivity index (χ2v) is 10.1. The number of aromatic nitrogens is 4. The number of ether oxygens (including phenoxy) is 2. The van der Waals surface area contributed by atoms with Crippen molar-refractivity contribution in [3.63, 3.8) is 0 Å². The molecular formula is C33H27N5O3. The molecule has 1 aliphatic heterocycles. The molecule has 2 aromatic heterocycles. The van der Waals surface area contributed by atoms with Crippen molar-refractivity contribution in [1.29, 1.82) is 0 Å². The molecule has 4 aromatic carbocycles. The summed E-state index contributed by atoms with van der Waals surface area (Å²) in [5.74, 6) is 2.38. The molecule has 1 aliphatic rings. The second-order valence-electron chi connectivity index (χ2n) is 10.1. The lowest BCUT2D eigenvalue weighted by Gasteiger charge is -2.29. The van der Waals surface area contributed by atoms with E-state index < -0.39 is 0 Å². The summed E-state index contributed by atoms with van der Waals surface area (Å²) in [5, 5.41) is 11.2. The Labute approximate surface area is 236 Å². The summed E-state index contributed by atoms with van der Waals surface area (Å²) in [6.07, 6.45) is 1.63. The average molecular weight is 542 g/mol. The molecule has 0 bridgehead atoms. The van der Waals surface area contributed by atoms with Crippen LogP contribution in [-0.4, -0.2) is 32.4 Å². The van der Waals surface area contributed by atoms with E-state index in [1.165, 1.54) is 5.56 Å². The molecule has 0 saturated heterocycles. The summed E-state index contributed by atoms with van der Waals surface area (Å²) in [5.41, 5.74) is 6.62. The van der Waals surface area contributed by atoms with E-state index in [1.54, 1.807) is 18.0 Å². The Hall–Kier alpha value is -5.24. The second kappa shape index (κ2) is 10.1. The minimum Gasteiger partial charge on any atom is -0.497 e. The minimum absolute atomic E-state index is 0.118. The van der Waals surface area contributed by atoms with E-state index in [0.29, 0.717) is 17.4 Å². The van der Waals surface area contributed by atoms with Crippen molar-refractivity contribution in [2.45, 2.75) is 26.4 Å². The summed E-state index contributed by atoms with van der Waals surface area (Å²) in [6.45, 7) is 4.09. The zero-order valence-corrected chi connectivity index (χ0v) is 22.9. The predicted octanol–water partition coefficient (Wildman–Crippen LogP) is 6.82. The zero-order valence-electron chi connectivity index (χ0n) is 22.9. The first-order valence-electron chi connectivity index (χ1n) is 13.4. The van der Waals surface area contributed by atoms with Crippen LogP contribution < -0.4 is 9.47 Å². The van der Waals surface area contributed by atoms with Gasteiger partial charge in [0.1, 0.15) is 17.8 Å². The van der Waals surface area contributed by atoms with Gasteiger partial charge in [-0.05, 0) is 53.9 Å². The van der Waals surface area contributed by atoms with Crippen molar-refractivity contribution in [1.82, 2.24) is 19.6 Å². The Kier molecular flexibility index (Phi) is 6.08. The third-order valence-corrected chi connectivity index (χ3v) is 7.46. The van der Waals surface area contributed by atoms with Crippen LogP contribution in [-0.2, 0) is 11.4 Å². The minimum atomic E-state index is -0.193. The predicted molar refractivity (Wildman–Crippen MR) is 157 cm³/mol. The van der Waals surface area contributed by atoms with E-state index in [4.69, 9.17) is 19.3 Å². The molecule has 8 nitrogen and oxygen atoms in total. The topological polar surface area (TPSA) is 83.1 Å². The molecule has 0 spiro atoms. The van der Waals surface area contributed by atoms with Gasteiger partial charge in [-0.3, -0.25) is 0 Å². The van der Waals surface area contributed by atoms with E-state index in [2.05, 4.69) is 64.6 Å². The maximum atomic E-state index is 6.40. The molecule has 0 saturated carbocycles. The number of oxime groups is 1. The lowest BCUT2D eigenvalue weighted by molar-refractivity contribution is 0.125. The fraction of sp³-hybridized carbons (Fsp3) is 0.152. The molecular weight excluding hydrogens is 514 g/mol. The van der Waals surface area contributed by atoms with Crippen LogP contribution in [0.3, 0.4) is 0 Å². The number of hydrogen-bond acceptors (Lipinski definition) is 7. The standard InChI is InChI=1S/C33H27N5O3/c1-20-8-10-22(11-9-20)21(2)37-40-18-28-35-32-31-29(24-12-15-25(39-3)16-13-24)30-26-7-5-4-6-23(26)14-17-27(30)41-33(31)34-19-38(32)36-28/h4-17,19,29H,18H2,1-3H3/b37-21-. The normalized spacial score (nSPS) is 14.4. The maximum absolute atomic E-state index is 6.40. The van der Waals surface area contributed by atoms with Crippen LogP contribution >= 0.6 is 0 Å². The van der Waals surface area contributed by atoms with Crippen molar-refractivity contribution < 1.29 is 14.3 Å². The van der Waals surface area contributed by atoms with E-state index >= 15 is 0 Å². The van der Waals surface area contributed by atoms with Gasteiger partial charge in [-0.15, -0.1) is 5.10 Å². The molecule has 1 unspecified atom stereocenters. The quantitative estimate of drug-likeness (QED) is 0.170. The molecule has 6 aromatic rings. The van der Waals surface area contributed by atoms with Crippen LogP contribution in [0.5, 0.6) is 17.4 Å². The zero-order chi connectivity index (χ0) is 27.9. The summed E-state index contributed by atoms with van der Waals surface area (Å²) < 4.78 is 13.5. The van der Waals surface area contributed by atoms with Gasteiger partial charge in [0.25, 0.3) is 0 Å². The highest BCUT2D eigenvalue weighted by molar-refractivity contribution is 5.98. The summed E-state index contributed by atoms with van der Waals surface area (Å²) >= 11 is 0. The monoisotopic (exact) mass is 541 g/mol. The highest BCUT2D eigenvalue weighted by Gasteiger charge is 2.34. The molecule has 3 heterocycles. The van der Waals surface area contributed by atoms with Gasteiger partial charge in [0.2, 0.25) is 5.88 Å². The summed E-state index contributed by atoms with van der Waals surface area (Å²) in [6, 6.07) is 28.7. The Balaban J connectivity index is 1.31. The molecule has 0 N–H and O–H groups in total. The lowest BCUT2D eigenvalue weighted by atomic mass is 9.81. The third kappa shape index (κ3) is 4.43. The SMILES string of the molecule is COc1ccc(C2c3c(ccc4ccccc34)Oc3ncn4nc(CO/N=C(/C)c5ccc(C)cc5)nc4c32)cc1. The first-order chi connectivity index (χ1) is 20.1. The number of fused-ring (bicyclic) bond motifs is 6. The van der Waals surface area contributed by atoms with Crippen molar-refractivity contribution in [3.8, 4) is 17.4 Å². The van der Waals surface area contributed by atoms with Crippen LogP contribution in [0.2, 0.25) is 0 Å². The molecule has 0 aliphatic carbocycles. The highest BCUT2D eigenvalue weighted by Crippen LogP contribution is 2.50. The Morgan fingerprint density at radius 3 is 2.56 bits per heavy atom. The Bertz CT molecular complexity index is 1930. The van der Waals surface area contributed by atoms with Gasteiger partial charge in [0, 0.05) is 11.5 Å². The largest absolute Gasteiger partial charge is 0.497 e. The van der Waals surface area contributed by atoms with Gasteiger partial charge in [-0.2, -0.15) is 0 Å². The number of benzene rings is 4. The van der Waals surface area contributed by atoms with E-state index in [9.17, 15) is 0 Å². The first-order valence-corrected chi connectivity index (χ1v) is 13.4. The van der Waals surface area contributed by atoms with Gasteiger partial charge >= 0.3 is 0 Å². The van der Waals surface area contributed by atoms with Crippen molar-refractivity contribution in [3.05, 3.63) is 125 Å². The van der Waals surface area contributed by atoms with Crippen LogP contribution in [0.15, 0.2) is 96.4 Å². The number of rotatable bonds is 6. The molecule has 0 radical (unpaired) electrons. The van der Waals surface area contributed by atoms with Crippen LogP contribution in [0.25, 0.3) is 16.4 Å². The van der Waals surface area contributed by atoms with Gasteiger partial charge in [-0.25, -0.2) is 14.5 Å². The molecule has 0 fully saturated rings. The fourth-order valence-electron chi connectivity index (χ4n) is 5.37. The van der Waals surface area contributed by atoms with E-state index in [-0.39, 0.29) is 12.5 Å². The fourth-order valence-corrected chi connectivity index (χ4v) is 5.37. The molecule has 202 valence electrons. The number of methoxy groups -OCH3 is 1. The number of aryl methyl sites for hydroxylation is 1. The van der Waals surface area contributed by atoms with Crippen molar-refractivity contribution >= 4 is 22.1 Å². The number of nitrogens with zero attached hydrogens (tertiary/aromatic N) is 5. The van der Waals surface area contributed by atoms with Gasteiger partial charge in [-0.1, -0.05) is 77.4 Å². The van der Waals surface area contributed by atoms with Gasteiger partial charge < -0.3 is 14.3 Å². The number of hydrogen-bond donors (Lipinski definition) is 0. The van der Waals surface area contributed by atoms with Crippen LogP contribution in [0.1, 0.15) is 46.5 Å². The van der Waals surface area contributed by atoms with Crippen LogP contribution in [0, 0.1) is 6.92 Å². The molecule has 8 heteroatoms. The van der Waals surface area contributed by atoms with Crippen LogP contribution in [0.4, 0.5) is 0 Å². The van der Waals surface area contributed by atoms with Gasteiger partial charge in [0.15, 0.2) is 18.1 Å². The third-order valence-electron chi connectivity index (χ3n) is 7.46. The molecule has 41 heavy (non-hydrogen) atoms. The van der Waals surface area contributed by atoms with Crippen molar-refractivity contribution in [2.24, 2.45) is 5.16 Å². The van der Waals surface area contributed by atoms with E-state index in [1.807, 2.05) is 49.4 Å². The lowest BCUT2D eigenvalue weighted by Crippen LogP contribution is -2.15. The first kappa shape index (κ1) is 24.8. The van der Waals surface area contributed by atoms with Crippen molar-refractivity contribution in [2.75, 3.05) is 7.11 Å². The average Bonchev–Trinajstić information content (AvgIpc) is 3.43. The Morgan fingerprint density at radius 2 is 1.76 bits per heavy atom. The molecule has 7 rings (SSSR count).